The first-order valence-electron chi connectivity index (χ1n) is 4.99. The molecule has 0 atom stereocenters. The van der Waals surface area contributed by atoms with Gasteiger partial charge in [0.15, 0.2) is 0 Å². The average Bonchev–Trinajstić information content (AvgIpc) is 2.15. The zero-order valence-electron chi connectivity index (χ0n) is 8.75. The fraction of sp³-hybridized carbons (Fsp3) is 1.00. The zero-order chi connectivity index (χ0) is 9.52. The van der Waals surface area contributed by atoms with Crippen molar-refractivity contribution < 1.29 is 4.74 Å². The minimum absolute atomic E-state index is 0.848. The van der Waals surface area contributed by atoms with Crippen LogP contribution in [0.25, 0.3) is 0 Å². The van der Waals surface area contributed by atoms with Gasteiger partial charge in [0.05, 0.1) is 0 Å². The van der Waals surface area contributed by atoms with E-state index in [1.165, 1.54) is 0 Å². The summed E-state index contributed by atoms with van der Waals surface area (Å²) in [5.41, 5.74) is 3.40. The molecule has 1 heterocycles. The highest BCUT2D eigenvalue weighted by Crippen LogP contribution is 1.95. The van der Waals surface area contributed by atoms with Gasteiger partial charge in [-0.3, -0.25) is 5.43 Å². The Balaban J connectivity index is 1.96. The summed E-state index contributed by atoms with van der Waals surface area (Å²) in [4.78, 5) is 2.35. The molecule has 1 N–H and O–H groups in total. The van der Waals surface area contributed by atoms with Crippen LogP contribution in [0.4, 0.5) is 0 Å². The molecule has 1 aliphatic heterocycles. The maximum absolute atomic E-state index is 4.98. The van der Waals surface area contributed by atoms with Gasteiger partial charge in [0.1, 0.15) is 0 Å². The number of piperazine rings is 1. The number of hydrogen-bond acceptors (Lipinski definition) is 4. The smallest absolute Gasteiger partial charge is 0.0474 e. The van der Waals surface area contributed by atoms with E-state index in [-0.39, 0.29) is 0 Å². The first-order chi connectivity index (χ1) is 6.33. The second-order valence-corrected chi connectivity index (χ2v) is 3.54. The van der Waals surface area contributed by atoms with Crippen LogP contribution in [0.1, 0.15) is 6.42 Å². The summed E-state index contributed by atoms with van der Waals surface area (Å²) in [6, 6.07) is 0. The summed E-state index contributed by atoms with van der Waals surface area (Å²) in [5, 5.41) is 2.30. The molecule has 1 aliphatic rings. The van der Waals surface area contributed by atoms with Crippen LogP contribution >= 0.6 is 0 Å². The van der Waals surface area contributed by atoms with Gasteiger partial charge >= 0.3 is 0 Å². The van der Waals surface area contributed by atoms with E-state index in [2.05, 4.69) is 22.4 Å². The third kappa shape index (κ3) is 4.57. The first-order valence-corrected chi connectivity index (χ1v) is 4.99. The molecule has 0 saturated carbocycles. The van der Waals surface area contributed by atoms with Gasteiger partial charge in [-0.1, -0.05) is 0 Å². The summed E-state index contributed by atoms with van der Waals surface area (Å²) in [7, 11) is 3.91. The molecule has 0 aromatic rings. The van der Waals surface area contributed by atoms with Crippen LogP contribution in [-0.2, 0) is 4.74 Å². The Kier molecular flexibility index (Phi) is 5.31. The summed E-state index contributed by atoms with van der Waals surface area (Å²) in [6.45, 7) is 6.46. The molecule has 4 heteroatoms. The van der Waals surface area contributed by atoms with Crippen LogP contribution in [-0.4, -0.2) is 63.4 Å². The van der Waals surface area contributed by atoms with E-state index in [1.807, 2.05) is 0 Å². The summed E-state index contributed by atoms with van der Waals surface area (Å²) < 4.78 is 4.98. The zero-order valence-corrected chi connectivity index (χ0v) is 8.75. The number of hydrazine groups is 1. The third-order valence-corrected chi connectivity index (χ3v) is 2.36. The number of ether oxygens (including phenoxy) is 1. The van der Waals surface area contributed by atoms with Crippen LogP contribution in [0.5, 0.6) is 0 Å². The molecule has 0 aliphatic carbocycles. The van der Waals surface area contributed by atoms with Gasteiger partial charge in [0.2, 0.25) is 0 Å². The van der Waals surface area contributed by atoms with Crippen LogP contribution in [0.2, 0.25) is 0 Å². The van der Waals surface area contributed by atoms with Gasteiger partial charge in [0.25, 0.3) is 0 Å². The molecule has 1 saturated heterocycles. The molecule has 0 amide bonds. The molecular weight excluding hydrogens is 166 g/mol. The van der Waals surface area contributed by atoms with Crippen molar-refractivity contribution in [3.8, 4) is 0 Å². The number of hydrogen-bond donors (Lipinski definition) is 1. The third-order valence-electron chi connectivity index (χ3n) is 2.36. The first kappa shape index (κ1) is 10.9. The Bertz CT molecular complexity index is 124. The van der Waals surface area contributed by atoms with Crippen molar-refractivity contribution in [2.24, 2.45) is 0 Å². The summed E-state index contributed by atoms with van der Waals surface area (Å²) in [5.74, 6) is 0. The quantitative estimate of drug-likeness (QED) is 0.602. The summed E-state index contributed by atoms with van der Waals surface area (Å²) >= 11 is 0. The molecular formula is C9H21N3O. The predicted octanol–water partition coefficient (Wildman–Crippen LogP) is -0.225. The average molecular weight is 187 g/mol. The fourth-order valence-corrected chi connectivity index (χ4v) is 1.42. The second kappa shape index (κ2) is 6.32. The van der Waals surface area contributed by atoms with Crippen LogP contribution < -0.4 is 5.43 Å². The van der Waals surface area contributed by atoms with Crippen molar-refractivity contribution in [2.75, 3.05) is 53.5 Å². The van der Waals surface area contributed by atoms with Crippen molar-refractivity contribution in [1.29, 1.82) is 0 Å². The standard InChI is InChI=1S/C9H21N3O/c1-11-5-7-12(8-6-11)10-4-3-9-13-2/h10H,3-9H2,1-2H3. The lowest BCUT2D eigenvalue weighted by Gasteiger charge is -2.32. The van der Waals surface area contributed by atoms with Crippen molar-refractivity contribution in [3.05, 3.63) is 0 Å². The normalized spacial score (nSPS) is 20.8. The SMILES string of the molecule is COCCCNN1CCN(C)CC1. The maximum atomic E-state index is 4.98. The van der Waals surface area contributed by atoms with E-state index in [4.69, 9.17) is 4.74 Å². The molecule has 4 nitrogen and oxygen atoms in total. The molecule has 78 valence electrons. The molecule has 1 rings (SSSR count). The second-order valence-electron chi connectivity index (χ2n) is 3.54. The topological polar surface area (TPSA) is 27.7 Å². The fourth-order valence-electron chi connectivity index (χ4n) is 1.42. The van der Waals surface area contributed by atoms with Gasteiger partial charge in [0, 0.05) is 46.4 Å². The molecule has 0 aromatic heterocycles. The Morgan fingerprint density at radius 1 is 1.23 bits per heavy atom. The lowest BCUT2D eigenvalue weighted by Crippen LogP contribution is -2.51. The molecule has 1 fully saturated rings. The molecule has 0 aromatic carbocycles. The van der Waals surface area contributed by atoms with Gasteiger partial charge in [-0.15, -0.1) is 0 Å². The molecule has 0 radical (unpaired) electrons. The highest BCUT2D eigenvalue weighted by Gasteiger charge is 2.11. The number of likely N-dealkylation sites (N-methyl/N-ethyl adjacent to an activating group) is 1. The van der Waals surface area contributed by atoms with Crippen molar-refractivity contribution >= 4 is 0 Å². The lowest BCUT2D eigenvalue weighted by atomic mass is 10.4. The largest absolute Gasteiger partial charge is 0.385 e. The maximum Gasteiger partial charge on any atom is 0.0474 e. The highest BCUT2D eigenvalue weighted by atomic mass is 16.5. The Morgan fingerprint density at radius 2 is 1.92 bits per heavy atom. The van der Waals surface area contributed by atoms with Gasteiger partial charge in [-0.25, -0.2) is 5.01 Å². The van der Waals surface area contributed by atoms with Crippen molar-refractivity contribution in [1.82, 2.24) is 15.3 Å². The van der Waals surface area contributed by atoms with Crippen LogP contribution in [0.15, 0.2) is 0 Å². The van der Waals surface area contributed by atoms with E-state index in [1.54, 1.807) is 7.11 Å². The predicted molar refractivity (Wildman–Crippen MR) is 53.6 cm³/mol. The van der Waals surface area contributed by atoms with Gasteiger partial charge < -0.3 is 9.64 Å². The highest BCUT2D eigenvalue weighted by molar-refractivity contribution is 4.65. The van der Waals surface area contributed by atoms with E-state index >= 15 is 0 Å². The van der Waals surface area contributed by atoms with E-state index in [0.29, 0.717) is 0 Å². The number of rotatable bonds is 5. The van der Waals surface area contributed by atoms with E-state index in [9.17, 15) is 0 Å². The molecule has 0 bridgehead atoms. The Hall–Kier alpha value is -0.160. The Labute approximate surface area is 80.8 Å². The van der Waals surface area contributed by atoms with Gasteiger partial charge in [-0.05, 0) is 13.5 Å². The van der Waals surface area contributed by atoms with Crippen molar-refractivity contribution in [3.63, 3.8) is 0 Å². The van der Waals surface area contributed by atoms with Crippen molar-refractivity contribution in [2.45, 2.75) is 6.42 Å². The number of nitrogens with zero attached hydrogens (tertiary/aromatic N) is 2. The molecule has 0 spiro atoms. The molecule has 0 unspecified atom stereocenters. The number of methoxy groups -OCH3 is 1. The summed E-state index contributed by atoms with van der Waals surface area (Å²) in [6.07, 6.45) is 1.09. The molecule has 13 heavy (non-hydrogen) atoms. The van der Waals surface area contributed by atoms with E-state index < -0.39 is 0 Å². The Morgan fingerprint density at radius 3 is 2.54 bits per heavy atom. The minimum Gasteiger partial charge on any atom is -0.385 e. The van der Waals surface area contributed by atoms with E-state index in [0.717, 1.165) is 45.8 Å². The van der Waals surface area contributed by atoms with Gasteiger partial charge in [-0.2, -0.15) is 0 Å². The monoisotopic (exact) mass is 187 g/mol. The van der Waals surface area contributed by atoms with Crippen LogP contribution in [0.3, 0.4) is 0 Å². The minimum atomic E-state index is 0.848. The lowest BCUT2D eigenvalue weighted by molar-refractivity contribution is 0.0987. The number of nitrogens with one attached hydrogen (secondary N) is 1. The van der Waals surface area contributed by atoms with Crippen LogP contribution in [0, 0.1) is 0 Å².